The van der Waals surface area contributed by atoms with Gasteiger partial charge in [0.15, 0.2) is 11.0 Å². The minimum atomic E-state index is -0.396. The third-order valence-electron chi connectivity index (χ3n) is 6.33. The molecule has 1 saturated heterocycles. The van der Waals surface area contributed by atoms with Gasteiger partial charge in [0.25, 0.3) is 5.91 Å². The monoisotopic (exact) mass is 476 g/mol. The Kier molecular flexibility index (Phi) is 6.28. The van der Waals surface area contributed by atoms with Gasteiger partial charge in [-0.15, -0.1) is 5.10 Å². The average Bonchev–Trinajstić information content (AvgIpc) is 3.58. The quantitative estimate of drug-likeness (QED) is 0.498. The summed E-state index contributed by atoms with van der Waals surface area (Å²) in [6, 6.07) is 9.97. The van der Waals surface area contributed by atoms with E-state index in [1.54, 1.807) is 6.08 Å². The highest BCUT2D eigenvalue weighted by molar-refractivity contribution is 8.26. The van der Waals surface area contributed by atoms with Crippen LogP contribution in [0.15, 0.2) is 52.2 Å². The summed E-state index contributed by atoms with van der Waals surface area (Å²) in [6.07, 6.45) is 6.81. The number of hydrazone groups is 1. The molecule has 9 heteroatoms. The summed E-state index contributed by atoms with van der Waals surface area (Å²) in [5.74, 6) is 0.595. The van der Waals surface area contributed by atoms with E-state index in [2.05, 4.69) is 39.5 Å². The molecule has 0 spiro atoms. The van der Waals surface area contributed by atoms with Crippen LogP contribution >= 0.6 is 11.8 Å². The third-order valence-corrected chi connectivity index (χ3v) is 7.30. The number of hydrogen-bond donors (Lipinski definition) is 1. The standard InChI is InChI=1S/C25H28N6O2S/c1-17-8-5-10-21(18(17)2)33-15-7-14-29-13-6-9-19(29)16-20-22(26)31-24(27-23(20)32)34-25(28-31)30-11-3-4-12-30/h5-6,8-10,13,16,26H,3-4,7,11-12,14-15H2,1-2H3/b20-16-,26-22?. The summed E-state index contributed by atoms with van der Waals surface area (Å²) in [6.45, 7) is 7.40. The number of nitrogens with zero attached hydrogens (tertiary/aromatic N) is 5. The van der Waals surface area contributed by atoms with E-state index < -0.39 is 5.91 Å². The molecule has 176 valence electrons. The molecule has 5 rings (SSSR count). The van der Waals surface area contributed by atoms with Gasteiger partial charge >= 0.3 is 0 Å². The van der Waals surface area contributed by atoms with Gasteiger partial charge in [-0.25, -0.2) is 0 Å². The summed E-state index contributed by atoms with van der Waals surface area (Å²) in [7, 11) is 0. The number of carbonyl (C=O) groups is 1. The first-order valence-electron chi connectivity index (χ1n) is 11.6. The number of likely N-dealkylation sites (tertiary alicyclic amines) is 1. The fourth-order valence-corrected chi connectivity index (χ4v) is 5.17. The van der Waals surface area contributed by atoms with Crippen molar-refractivity contribution in [3.63, 3.8) is 0 Å². The lowest BCUT2D eigenvalue weighted by Gasteiger charge is -2.20. The molecule has 3 aliphatic rings. The molecule has 1 aromatic carbocycles. The molecule has 1 amide bonds. The van der Waals surface area contributed by atoms with E-state index in [4.69, 9.17) is 10.1 Å². The number of carbonyl (C=O) groups excluding carboxylic acids is 1. The Labute approximate surface area is 203 Å². The van der Waals surface area contributed by atoms with Crippen LogP contribution in [0.5, 0.6) is 5.75 Å². The van der Waals surface area contributed by atoms with Gasteiger partial charge in [-0.3, -0.25) is 10.2 Å². The van der Waals surface area contributed by atoms with Crippen molar-refractivity contribution in [1.29, 1.82) is 5.41 Å². The second-order valence-electron chi connectivity index (χ2n) is 8.62. The highest BCUT2D eigenvalue weighted by Gasteiger charge is 2.37. The van der Waals surface area contributed by atoms with Gasteiger partial charge in [-0.05, 0) is 80.3 Å². The van der Waals surface area contributed by atoms with Crippen LogP contribution in [-0.4, -0.2) is 56.3 Å². The number of amidine groups is 3. The molecule has 0 saturated carbocycles. The molecule has 0 bridgehead atoms. The molecule has 2 aromatic rings. The molecule has 0 unspecified atom stereocenters. The van der Waals surface area contributed by atoms with Crippen LogP contribution in [0.4, 0.5) is 0 Å². The SMILES string of the molecule is Cc1cccc(OCCCn2cccc2/C=C2/C(=N)N3N=C(N4CCCC4)SC3=NC2=O)c1C. The average molecular weight is 477 g/mol. The second kappa shape index (κ2) is 9.50. The van der Waals surface area contributed by atoms with Crippen LogP contribution in [0.3, 0.4) is 0 Å². The molecule has 0 atom stereocenters. The predicted molar refractivity (Wildman–Crippen MR) is 136 cm³/mol. The molecule has 1 aromatic heterocycles. The number of aryl methyl sites for hydroxylation is 2. The van der Waals surface area contributed by atoms with Crippen LogP contribution in [-0.2, 0) is 11.3 Å². The molecule has 8 nitrogen and oxygen atoms in total. The van der Waals surface area contributed by atoms with Gasteiger partial charge in [0.05, 0.1) is 12.2 Å². The zero-order chi connectivity index (χ0) is 23.7. The number of rotatable bonds is 6. The number of amides is 1. The Morgan fingerprint density at radius 1 is 1.15 bits per heavy atom. The molecule has 4 heterocycles. The largest absolute Gasteiger partial charge is 0.493 e. The lowest BCUT2D eigenvalue weighted by molar-refractivity contribution is -0.114. The molecule has 34 heavy (non-hydrogen) atoms. The number of ether oxygens (including phenoxy) is 1. The van der Waals surface area contributed by atoms with Gasteiger partial charge < -0.3 is 14.2 Å². The van der Waals surface area contributed by atoms with Crippen molar-refractivity contribution in [2.24, 2.45) is 10.1 Å². The van der Waals surface area contributed by atoms with Crippen molar-refractivity contribution in [2.75, 3.05) is 19.7 Å². The van der Waals surface area contributed by atoms with Gasteiger partial charge in [0, 0.05) is 31.5 Å². The van der Waals surface area contributed by atoms with Gasteiger partial charge in [0.1, 0.15) is 5.75 Å². The number of nitrogens with one attached hydrogen (secondary N) is 1. The first-order chi connectivity index (χ1) is 16.5. The summed E-state index contributed by atoms with van der Waals surface area (Å²) >= 11 is 1.37. The predicted octanol–water partition coefficient (Wildman–Crippen LogP) is 4.25. The van der Waals surface area contributed by atoms with E-state index in [1.807, 2.05) is 30.5 Å². The summed E-state index contributed by atoms with van der Waals surface area (Å²) < 4.78 is 8.04. The van der Waals surface area contributed by atoms with E-state index >= 15 is 0 Å². The van der Waals surface area contributed by atoms with Crippen molar-refractivity contribution in [3.05, 3.63) is 58.9 Å². The molecular formula is C25H28N6O2S. The fraction of sp³-hybridized carbons (Fsp3) is 0.360. The summed E-state index contributed by atoms with van der Waals surface area (Å²) in [5.41, 5.74) is 3.49. The van der Waals surface area contributed by atoms with E-state index in [1.165, 1.54) is 27.9 Å². The first-order valence-corrected chi connectivity index (χ1v) is 12.4. The Morgan fingerprint density at radius 3 is 2.79 bits per heavy atom. The van der Waals surface area contributed by atoms with Crippen LogP contribution in [0, 0.1) is 19.3 Å². The zero-order valence-electron chi connectivity index (χ0n) is 19.5. The normalized spacial score (nSPS) is 19.1. The van der Waals surface area contributed by atoms with E-state index in [0.717, 1.165) is 55.5 Å². The number of aliphatic imine (C=N–C) groups is 1. The summed E-state index contributed by atoms with van der Waals surface area (Å²) in [5, 5.41) is 16.0. The minimum Gasteiger partial charge on any atom is -0.493 e. The van der Waals surface area contributed by atoms with Crippen molar-refractivity contribution < 1.29 is 9.53 Å². The molecule has 1 fully saturated rings. The van der Waals surface area contributed by atoms with Gasteiger partial charge in [-0.1, -0.05) is 12.1 Å². The molecule has 1 N–H and O–H groups in total. The number of thioether (sulfide) groups is 1. The van der Waals surface area contributed by atoms with E-state index in [9.17, 15) is 4.79 Å². The van der Waals surface area contributed by atoms with Crippen molar-refractivity contribution in [3.8, 4) is 5.75 Å². The maximum absolute atomic E-state index is 12.8. The van der Waals surface area contributed by atoms with Crippen LogP contribution in [0.25, 0.3) is 6.08 Å². The third kappa shape index (κ3) is 4.40. The lowest BCUT2D eigenvalue weighted by atomic mass is 10.1. The van der Waals surface area contributed by atoms with E-state index in [0.29, 0.717) is 11.8 Å². The summed E-state index contributed by atoms with van der Waals surface area (Å²) in [4.78, 5) is 19.2. The smallest absolute Gasteiger partial charge is 0.283 e. The molecule has 0 aliphatic carbocycles. The Morgan fingerprint density at radius 2 is 1.97 bits per heavy atom. The lowest BCUT2D eigenvalue weighted by Crippen LogP contribution is -2.35. The van der Waals surface area contributed by atoms with Crippen LogP contribution < -0.4 is 4.74 Å². The topological polar surface area (TPSA) is 86.3 Å². The number of aromatic nitrogens is 1. The zero-order valence-corrected chi connectivity index (χ0v) is 20.3. The Hall–Kier alpha value is -3.33. The fourth-order valence-electron chi connectivity index (χ4n) is 4.23. The minimum absolute atomic E-state index is 0.0719. The van der Waals surface area contributed by atoms with Crippen molar-refractivity contribution >= 4 is 39.9 Å². The Bertz CT molecular complexity index is 1220. The molecule has 3 aliphatic heterocycles. The molecular weight excluding hydrogens is 448 g/mol. The van der Waals surface area contributed by atoms with Gasteiger partial charge in [-0.2, -0.15) is 10.0 Å². The van der Waals surface area contributed by atoms with Crippen LogP contribution in [0.1, 0.15) is 36.1 Å². The van der Waals surface area contributed by atoms with Crippen molar-refractivity contribution in [2.45, 2.75) is 39.7 Å². The first kappa shape index (κ1) is 22.5. The van der Waals surface area contributed by atoms with Crippen molar-refractivity contribution in [1.82, 2.24) is 14.5 Å². The highest BCUT2D eigenvalue weighted by atomic mass is 32.2. The van der Waals surface area contributed by atoms with Gasteiger partial charge in [0.2, 0.25) is 5.17 Å². The van der Waals surface area contributed by atoms with E-state index in [-0.39, 0.29) is 11.4 Å². The number of hydrogen-bond acceptors (Lipinski definition) is 6. The number of benzene rings is 1. The number of fused-ring (bicyclic) bond motifs is 1. The second-order valence-corrected chi connectivity index (χ2v) is 9.56. The van der Waals surface area contributed by atoms with Crippen LogP contribution in [0.2, 0.25) is 0 Å². The maximum Gasteiger partial charge on any atom is 0.283 e. The molecule has 0 radical (unpaired) electrons. The highest BCUT2D eigenvalue weighted by Crippen LogP contribution is 2.31. The maximum atomic E-state index is 12.8. The Balaban J connectivity index is 1.26.